The molecule has 4 N–H and O–H groups in total. The zero-order valence-electron chi connectivity index (χ0n) is 17.6. The summed E-state index contributed by atoms with van der Waals surface area (Å²) in [6, 6.07) is 27.7. The number of aliphatic imine (C=N–C) groups is 1. The van der Waals surface area contributed by atoms with Crippen LogP contribution in [0.4, 0.5) is 11.4 Å². The Hall–Kier alpha value is -3.79. The third-order valence-corrected chi connectivity index (χ3v) is 4.45. The molecule has 1 heterocycles. The van der Waals surface area contributed by atoms with Crippen LogP contribution in [0.15, 0.2) is 107 Å². The summed E-state index contributed by atoms with van der Waals surface area (Å²) in [6.45, 7) is 0.351. The fourth-order valence-corrected chi connectivity index (χ4v) is 2.97. The molecule has 4 aromatic rings. The molecule has 0 fully saturated rings. The first-order chi connectivity index (χ1) is 15.7. The number of amides is 1. The van der Waals surface area contributed by atoms with E-state index in [1.807, 2.05) is 72.8 Å². The molecule has 4 rings (SSSR count). The van der Waals surface area contributed by atoms with Gasteiger partial charge in [0.1, 0.15) is 11.5 Å². The van der Waals surface area contributed by atoms with Crippen molar-refractivity contribution >= 4 is 47.2 Å². The molecule has 0 aliphatic heterocycles. The first-order valence-corrected chi connectivity index (χ1v) is 9.99. The minimum atomic E-state index is -0.311. The third kappa shape index (κ3) is 7.11. The van der Waals surface area contributed by atoms with Crippen molar-refractivity contribution in [2.45, 2.75) is 6.54 Å². The molecule has 0 aliphatic rings. The van der Waals surface area contributed by atoms with Crippen molar-refractivity contribution in [3.05, 3.63) is 109 Å². The normalized spacial score (nSPS) is 10.7. The molecule has 0 unspecified atom stereocenters. The van der Waals surface area contributed by atoms with Crippen molar-refractivity contribution < 1.29 is 13.9 Å². The Morgan fingerprint density at radius 1 is 0.848 bits per heavy atom. The number of ether oxygens (including phenoxy) is 1. The number of rotatable bonds is 7. The highest BCUT2D eigenvalue weighted by atomic mass is 127. The molecular weight excluding hydrogens is 531 g/mol. The Morgan fingerprint density at radius 2 is 1.58 bits per heavy atom. The van der Waals surface area contributed by atoms with Gasteiger partial charge in [-0.2, -0.15) is 0 Å². The second-order valence-corrected chi connectivity index (χ2v) is 6.90. The summed E-state index contributed by atoms with van der Waals surface area (Å²) < 4.78 is 10.9. The van der Waals surface area contributed by atoms with Crippen LogP contribution in [0.3, 0.4) is 0 Å². The average Bonchev–Trinajstić information content (AvgIpc) is 3.34. The molecule has 0 aliphatic carbocycles. The minimum Gasteiger partial charge on any atom is -0.459 e. The van der Waals surface area contributed by atoms with E-state index in [1.165, 1.54) is 6.26 Å². The third-order valence-electron chi connectivity index (χ3n) is 4.45. The number of nitrogens with one attached hydrogen (secondary N) is 2. The maximum Gasteiger partial charge on any atom is 0.291 e. The molecule has 0 spiro atoms. The van der Waals surface area contributed by atoms with Crippen molar-refractivity contribution in [1.29, 1.82) is 0 Å². The SMILES string of the molecule is I.NC(=NCc1cccc(NC(=O)c2ccco2)c1)Nc1cccc(Oc2ccccc2)c1. The Kier molecular flexibility index (Phi) is 8.48. The van der Waals surface area contributed by atoms with Gasteiger partial charge in [0, 0.05) is 17.4 Å². The highest BCUT2D eigenvalue weighted by Crippen LogP contribution is 2.23. The van der Waals surface area contributed by atoms with Crippen molar-refractivity contribution in [2.24, 2.45) is 10.7 Å². The van der Waals surface area contributed by atoms with Gasteiger partial charge in [-0.25, -0.2) is 4.99 Å². The van der Waals surface area contributed by atoms with E-state index in [0.717, 1.165) is 17.0 Å². The summed E-state index contributed by atoms with van der Waals surface area (Å²) in [7, 11) is 0. The first-order valence-electron chi connectivity index (χ1n) is 9.99. The van der Waals surface area contributed by atoms with Crippen LogP contribution >= 0.6 is 24.0 Å². The van der Waals surface area contributed by atoms with Crippen molar-refractivity contribution in [1.82, 2.24) is 0 Å². The van der Waals surface area contributed by atoms with Crippen LogP contribution in [0.25, 0.3) is 0 Å². The zero-order valence-corrected chi connectivity index (χ0v) is 19.9. The number of guanidine groups is 1. The molecule has 7 nitrogen and oxygen atoms in total. The molecule has 0 saturated carbocycles. The maximum atomic E-state index is 12.1. The lowest BCUT2D eigenvalue weighted by molar-refractivity contribution is 0.0996. The lowest BCUT2D eigenvalue weighted by Crippen LogP contribution is -2.22. The number of furan rings is 1. The number of nitrogens with two attached hydrogens (primary N) is 1. The summed E-state index contributed by atoms with van der Waals surface area (Å²) in [6.07, 6.45) is 1.46. The number of carbonyl (C=O) groups is 1. The van der Waals surface area contributed by atoms with Crippen LogP contribution in [-0.2, 0) is 6.54 Å². The van der Waals surface area contributed by atoms with Gasteiger partial charge in [-0.3, -0.25) is 4.79 Å². The second kappa shape index (κ2) is 11.7. The fraction of sp³-hybridized carbons (Fsp3) is 0.0400. The van der Waals surface area contributed by atoms with E-state index < -0.39 is 0 Å². The minimum absolute atomic E-state index is 0. The Morgan fingerprint density at radius 3 is 2.33 bits per heavy atom. The summed E-state index contributed by atoms with van der Waals surface area (Å²) in [5.74, 6) is 1.65. The zero-order chi connectivity index (χ0) is 22.2. The van der Waals surface area contributed by atoms with Crippen molar-refractivity contribution in [2.75, 3.05) is 10.6 Å². The number of hydrogen-bond acceptors (Lipinski definition) is 4. The van der Waals surface area contributed by atoms with Crippen LogP contribution in [0.1, 0.15) is 16.1 Å². The van der Waals surface area contributed by atoms with Gasteiger partial charge in [0.15, 0.2) is 11.7 Å². The smallest absolute Gasteiger partial charge is 0.291 e. The van der Waals surface area contributed by atoms with E-state index in [9.17, 15) is 4.79 Å². The molecule has 1 amide bonds. The lowest BCUT2D eigenvalue weighted by atomic mass is 10.2. The van der Waals surface area contributed by atoms with E-state index in [0.29, 0.717) is 18.0 Å². The number of hydrogen-bond donors (Lipinski definition) is 3. The number of nitrogens with zero attached hydrogens (tertiary/aromatic N) is 1. The van der Waals surface area contributed by atoms with Gasteiger partial charge in [-0.15, -0.1) is 24.0 Å². The Bertz CT molecular complexity index is 1210. The number of para-hydroxylation sites is 1. The van der Waals surface area contributed by atoms with Crippen LogP contribution in [0.5, 0.6) is 11.5 Å². The van der Waals surface area contributed by atoms with E-state index >= 15 is 0 Å². The van der Waals surface area contributed by atoms with Gasteiger partial charge in [-0.1, -0.05) is 36.4 Å². The van der Waals surface area contributed by atoms with Gasteiger partial charge in [0.2, 0.25) is 0 Å². The van der Waals surface area contributed by atoms with Gasteiger partial charge >= 0.3 is 0 Å². The number of halogens is 1. The second-order valence-electron chi connectivity index (χ2n) is 6.90. The predicted molar refractivity (Wildman–Crippen MR) is 140 cm³/mol. The standard InChI is InChI=1S/C25H22N4O3.HI/c26-25(29-20-9-5-12-22(16-20)32-21-10-2-1-3-11-21)27-17-18-7-4-8-19(15-18)28-24(30)23-13-6-14-31-23;/h1-16H,17H2,(H,28,30)(H3,26,27,29);1H. The van der Waals surface area contributed by atoms with Crippen LogP contribution in [0.2, 0.25) is 0 Å². The summed E-state index contributed by atoms with van der Waals surface area (Å²) in [5, 5.41) is 5.87. The Labute approximate surface area is 208 Å². The Balaban J connectivity index is 0.00000306. The molecule has 0 radical (unpaired) electrons. The topological polar surface area (TPSA) is 102 Å². The molecule has 1 aromatic heterocycles. The van der Waals surface area contributed by atoms with Crippen molar-refractivity contribution in [3.63, 3.8) is 0 Å². The summed E-state index contributed by atoms with van der Waals surface area (Å²) >= 11 is 0. The highest BCUT2D eigenvalue weighted by Gasteiger charge is 2.08. The van der Waals surface area contributed by atoms with E-state index in [2.05, 4.69) is 15.6 Å². The van der Waals surface area contributed by atoms with Crippen LogP contribution in [0, 0.1) is 0 Å². The van der Waals surface area contributed by atoms with Gasteiger partial charge < -0.3 is 25.5 Å². The quantitative estimate of drug-likeness (QED) is 0.151. The van der Waals surface area contributed by atoms with E-state index in [1.54, 1.807) is 18.2 Å². The van der Waals surface area contributed by atoms with Crippen LogP contribution in [-0.4, -0.2) is 11.9 Å². The summed E-state index contributed by atoms with van der Waals surface area (Å²) in [4.78, 5) is 16.5. The van der Waals surface area contributed by atoms with E-state index in [-0.39, 0.29) is 41.6 Å². The highest BCUT2D eigenvalue weighted by molar-refractivity contribution is 14.0. The molecule has 8 heteroatoms. The lowest BCUT2D eigenvalue weighted by Gasteiger charge is -2.09. The molecule has 3 aromatic carbocycles. The van der Waals surface area contributed by atoms with Gasteiger partial charge in [-0.05, 0) is 54.1 Å². The first kappa shape index (κ1) is 23.9. The monoisotopic (exact) mass is 554 g/mol. The van der Waals surface area contributed by atoms with E-state index in [4.69, 9.17) is 14.9 Å². The largest absolute Gasteiger partial charge is 0.459 e. The maximum absolute atomic E-state index is 12.1. The fourth-order valence-electron chi connectivity index (χ4n) is 2.97. The van der Waals surface area contributed by atoms with Gasteiger partial charge in [0.25, 0.3) is 5.91 Å². The molecule has 33 heavy (non-hydrogen) atoms. The van der Waals surface area contributed by atoms with Crippen LogP contribution < -0.4 is 21.1 Å². The summed E-state index contributed by atoms with van der Waals surface area (Å²) in [5.41, 5.74) is 8.36. The molecular formula is C25H23IN4O3. The molecule has 168 valence electrons. The molecule has 0 bridgehead atoms. The van der Waals surface area contributed by atoms with Crippen molar-refractivity contribution in [3.8, 4) is 11.5 Å². The number of anilines is 2. The van der Waals surface area contributed by atoms with Gasteiger partial charge in [0.05, 0.1) is 12.8 Å². The average molecular weight is 554 g/mol. The number of benzene rings is 3. The predicted octanol–water partition coefficient (Wildman–Crippen LogP) is 5.87. The number of carbonyl (C=O) groups excluding carboxylic acids is 1. The molecule has 0 saturated heterocycles. The molecule has 0 atom stereocenters.